The normalized spacial score (nSPS) is 26.0. The third-order valence-corrected chi connectivity index (χ3v) is 3.15. The third kappa shape index (κ3) is 1.82. The van der Waals surface area contributed by atoms with E-state index in [9.17, 15) is 0 Å². The van der Waals surface area contributed by atoms with Gasteiger partial charge in [-0.05, 0) is 17.7 Å². The number of halogens is 1. The standard InChI is InChI=1S/C11H11BrN2/c12-10-3-1-2-8(4-10)11-7-14-6-9(11)5-13/h1-4,9,11,14H,6-7H2. The summed E-state index contributed by atoms with van der Waals surface area (Å²) in [5.74, 6) is 0.460. The van der Waals surface area contributed by atoms with E-state index < -0.39 is 0 Å². The summed E-state index contributed by atoms with van der Waals surface area (Å²) in [5, 5.41) is 12.2. The number of nitriles is 1. The van der Waals surface area contributed by atoms with Crippen LogP contribution in [0.15, 0.2) is 28.7 Å². The van der Waals surface area contributed by atoms with Crippen LogP contribution in [0.3, 0.4) is 0 Å². The number of hydrogen-bond acceptors (Lipinski definition) is 2. The Kier molecular flexibility index (Phi) is 2.85. The number of nitrogens with zero attached hydrogens (tertiary/aromatic N) is 1. The van der Waals surface area contributed by atoms with Crippen molar-refractivity contribution in [3.05, 3.63) is 34.3 Å². The van der Waals surface area contributed by atoms with Crippen LogP contribution in [0.25, 0.3) is 0 Å². The molecule has 1 aromatic carbocycles. The highest BCUT2D eigenvalue weighted by Gasteiger charge is 2.27. The molecule has 0 saturated carbocycles. The van der Waals surface area contributed by atoms with Crippen LogP contribution in [0.1, 0.15) is 11.5 Å². The zero-order chi connectivity index (χ0) is 9.97. The number of rotatable bonds is 1. The Morgan fingerprint density at radius 3 is 3.00 bits per heavy atom. The van der Waals surface area contributed by atoms with Crippen LogP contribution < -0.4 is 5.32 Å². The van der Waals surface area contributed by atoms with E-state index in [0.29, 0.717) is 5.92 Å². The van der Waals surface area contributed by atoms with Gasteiger partial charge in [0, 0.05) is 23.5 Å². The van der Waals surface area contributed by atoms with Crippen molar-refractivity contribution in [3.63, 3.8) is 0 Å². The lowest BCUT2D eigenvalue weighted by Gasteiger charge is -2.12. The summed E-state index contributed by atoms with van der Waals surface area (Å²) in [5.41, 5.74) is 1.25. The summed E-state index contributed by atoms with van der Waals surface area (Å²) in [7, 11) is 0. The Morgan fingerprint density at radius 1 is 1.43 bits per heavy atom. The van der Waals surface area contributed by atoms with E-state index in [1.807, 2.05) is 12.1 Å². The maximum absolute atomic E-state index is 8.97. The fourth-order valence-corrected chi connectivity index (χ4v) is 2.32. The number of nitrogens with one attached hydrogen (secondary N) is 1. The molecule has 0 amide bonds. The van der Waals surface area contributed by atoms with Gasteiger partial charge in [0.25, 0.3) is 0 Å². The Bertz CT molecular complexity index is 370. The smallest absolute Gasteiger partial charge is 0.0676 e. The van der Waals surface area contributed by atoms with E-state index in [1.54, 1.807) is 0 Å². The number of benzene rings is 1. The van der Waals surface area contributed by atoms with E-state index in [0.717, 1.165) is 17.6 Å². The van der Waals surface area contributed by atoms with Gasteiger partial charge in [-0.1, -0.05) is 28.1 Å². The van der Waals surface area contributed by atoms with Crippen LogP contribution in [0.2, 0.25) is 0 Å². The minimum absolute atomic E-state index is 0.115. The maximum Gasteiger partial charge on any atom is 0.0676 e. The van der Waals surface area contributed by atoms with Crippen LogP contribution in [0.5, 0.6) is 0 Å². The van der Waals surface area contributed by atoms with Crippen molar-refractivity contribution in [2.75, 3.05) is 13.1 Å². The fraction of sp³-hybridized carbons (Fsp3) is 0.364. The van der Waals surface area contributed by atoms with Crippen molar-refractivity contribution in [1.29, 1.82) is 5.26 Å². The van der Waals surface area contributed by atoms with Gasteiger partial charge in [-0.25, -0.2) is 0 Å². The molecular weight excluding hydrogens is 240 g/mol. The van der Waals surface area contributed by atoms with Crippen LogP contribution >= 0.6 is 15.9 Å². The molecule has 1 aliphatic heterocycles. The molecule has 2 rings (SSSR count). The molecule has 2 atom stereocenters. The molecule has 72 valence electrons. The van der Waals surface area contributed by atoms with E-state index in [4.69, 9.17) is 5.26 Å². The summed E-state index contributed by atoms with van der Waals surface area (Å²) < 4.78 is 1.08. The van der Waals surface area contributed by atoms with Crippen LogP contribution in [-0.2, 0) is 0 Å². The van der Waals surface area contributed by atoms with Gasteiger partial charge in [0.2, 0.25) is 0 Å². The summed E-state index contributed by atoms with van der Waals surface area (Å²) in [4.78, 5) is 0. The Morgan fingerprint density at radius 2 is 2.29 bits per heavy atom. The first-order chi connectivity index (χ1) is 6.81. The van der Waals surface area contributed by atoms with Crippen molar-refractivity contribution in [3.8, 4) is 6.07 Å². The lowest BCUT2D eigenvalue weighted by molar-refractivity contribution is 0.646. The van der Waals surface area contributed by atoms with Crippen LogP contribution in [0, 0.1) is 17.2 Å². The molecule has 14 heavy (non-hydrogen) atoms. The predicted molar refractivity (Wildman–Crippen MR) is 58.9 cm³/mol. The van der Waals surface area contributed by atoms with Crippen molar-refractivity contribution >= 4 is 15.9 Å². The second-order valence-corrected chi connectivity index (χ2v) is 4.47. The topological polar surface area (TPSA) is 35.8 Å². The summed E-state index contributed by atoms with van der Waals surface area (Å²) >= 11 is 3.45. The second-order valence-electron chi connectivity index (χ2n) is 3.56. The highest BCUT2D eigenvalue weighted by atomic mass is 79.9. The molecule has 0 radical (unpaired) electrons. The van der Waals surface area contributed by atoms with Crippen molar-refractivity contribution in [2.24, 2.45) is 5.92 Å². The van der Waals surface area contributed by atoms with Gasteiger partial charge in [-0.2, -0.15) is 5.26 Å². The van der Waals surface area contributed by atoms with E-state index in [2.05, 4.69) is 39.4 Å². The zero-order valence-electron chi connectivity index (χ0n) is 7.70. The molecular formula is C11H11BrN2. The van der Waals surface area contributed by atoms with Crippen molar-refractivity contribution < 1.29 is 0 Å². The van der Waals surface area contributed by atoms with Gasteiger partial charge >= 0.3 is 0 Å². The first kappa shape index (κ1) is 9.70. The highest BCUT2D eigenvalue weighted by molar-refractivity contribution is 9.10. The minimum atomic E-state index is 0.115. The van der Waals surface area contributed by atoms with Gasteiger partial charge in [0.15, 0.2) is 0 Å². The molecule has 1 aromatic rings. The molecule has 2 nitrogen and oxygen atoms in total. The van der Waals surface area contributed by atoms with Gasteiger partial charge < -0.3 is 5.32 Å². The van der Waals surface area contributed by atoms with Crippen LogP contribution in [-0.4, -0.2) is 13.1 Å². The SMILES string of the molecule is N#CC1CNCC1c1cccc(Br)c1. The minimum Gasteiger partial charge on any atom is -0.315 e. The summed E-state index contributed by atoms with van der Waals surface area (Å²) in [6.45, 7) is 1.72. The molecule has 1 fully saturated rings. The third-order valence-electron chi connectivity index (χ3n) is 2.66. The Hall–Kier alpha value is -0.850. The average molecular weight is 251 g/mol. The molecule has 0 aromatic heterocycles. The molecule has 0 bridgehead atoms. The lowest BCUT2D eigenvalue weighted by atomic mass is 9.90. The zero-order valence-corrected chi connectivity index (χ0v) is 9.29. The molecule has 0 aliphatic carbocycles. The van der Waals surface area contributed by atoms with Crippen molar-refractivity contribution in [1.82, 2.24) is 5.32 Å². The molecule has 1 saturated heterocycles. The first-order valence-corrected chi connectivity index (χ1v) is 5.46. The largest absolute Gasteiger partial charge is 0.315 e. The predicted octanol–water partition coefficient (Wildman–Crippen LogP) is 2.28. The van der Waals surface area contributed by atoms with E-state index >= 15 is 0 Å². The molecule has 2 unspecified atom stereocenters. The Labute approximate surface area is 92.1 Å². The summed E-state index contributed by atoms with van der Waals surface area (Å²) in [6, 6.07) is 10.6. The molecule has 1 N–H and O–H groups in total. The van der Waals surface area contributed by atoms with Gasteiger partial charge in [-0.3, -0.25) is 0 Å². The van der Waals surface area contributed by atoms with Crippen molar-refractivity contribution in [2.45, 2.75) is 5.92 Å². The average Bonchev–Trinajstić information content (AvgIpc) is 2.65. The van der Waals surface area contributed by atoms with E-state index in [-0.39, 0.29) is 5.92 Å². The second kappa shape index (κ2) is 4.12. The molecule has 1 heterocycles. The van der Waals surface area contributed by atoms with Gasteiger partial charge in [-0.15, -0.1) is 0 Å². The molecule has 1 aliphatic rings. The highest BCUT2D eigenvalue weighted by Crippen LogP contribution is 2.28. The number of hydrogen-bond donors (Lipinski definition) is 1. The summed E-state index contributed by atoms with van der Waals surface area (Å²) in [6.07, 6.45) is 0. The quantitative estimate of drug-likeness (QED) is 0.831. The maximum atomic E-state index is 8.97. The first-order valence-electron chi connectivity index (χ1n) is 4.67. The lowest BCUT2D eigenvalue weighted by Crippen LogP contribution is -2.08. The van der Waals surface area contributed by atoms with Gasteiger partial charge in [0.05, 0.1) is 12.0 Å². The van der Waals surface area contributed by atoms with E-state index in [1.165, 1.54) is 5.56 Å². The van der Waals surface area contributed by atoms with Crippen LogP contribution in [0.4, 0.5) is 0 Å². The fourth-order valence-electron chi connectivity index (χ4n) is 1.90. The Balaban J connectivity index is 2.27. The molecule has 0 spiro atoms. The molecule has 3 heteroatoms. The monoisotopic (exact) mass is 250 g/mol. The van der Waals surface area contributed by atoms with Gasteiger partial charge in [0.1, 0.15) is 0 Å².